The first-order valence-corrected chi connectivity index (χ1v) is 4.81. The van der Waals surface area contributed by atoms with Gasteiger partial charge in [-0.05, 0) is 42.9 Å². The standard InChI is InChI=1S/C10H17N/c1-8-3-2-4-9-5-6-11-7-10(8)9/h7-9,11H,2-6H2,1H3/t8-,9?/m1/s1. The summed E-state index contributed by atoms with van der Waals surface area (Å²) in [6, 6.07) is 0. The van der Waals surface area contributed by atoms with Crippen molar-refractivity contribution in [2.75, 3.05) is 6.54 Å². The van der Waals surface area contributed by atoms with E-state index in [0.717, 1.165) is 11.8 Å². The van der Waals surface area contributed by atoms with Crippen molar-refractivity contribution in [2.24, 2.45) is 11.8 Å². The molecule has 1 aliphatic heterocycles. The molecule has 0 spiro atoms. The molecule has 1 unspecified atom stereocenters. The normalized spacial score (nSPS) is 37.0. The maximum Gasteiger partial charge on any atom is 0.0147 e. The van der Waals surface area contributed by atoms with Crippen LogP contribution in [0.3, 0.4) is 0 Å². The van der Waals surface area contributed by atoms with Gasteiger partial charge in [0.05, 0.1) is 0 Å². The molecule has 11 heavy (non-hydrogen) atoms. The molecule has 2 rings (SSSR count). The molecule has 0 radical (unpaired) electrons. The zero-order valence-electron chi connectivity index (χ0n) is 7.27. The average molecular weight is 151 g/mol. The van der Waals surface area contributed by atoms with Crippen LogP contribution in [0.4, 0.5) is 0 Å². The van der Waals surface area contributed by atoms with E-state index in [4.69, 9.17) is 0 Å². The van der Waals surface area contributed by atoms with E-state index in [1.165, 1.54) is 32.2 Å². The fourth-order valence-electron chi connectivity index (χ4n) is 2.42. The van der Waals surface area contributed by atoms with Gasteiger partial charge in [-0.15, -0.1) is 0 Å². The minimum absolute atomic E-state index is 0.849. The zero-order chi connectivity index (χ0) is 7.68. The van der Waals surface area contributed by atoms with Crippen LogP contribution in [0.1, 0.15) is 32.6 Å². The Balaban J connectivity index is 2.14. The van der Waals surface area contributed by atoms with Crippen molar-refractivity contribution in [3.8, 4) is 0 Å². The second-order valence-corrected chi connectivity index (χ2v) is 3.92. The summed E-state index contributed by atoms with van der Waals surface area (Å²) in [6.07, 6.45) is 7.94. The van der Waals surface area contributed by atoms with Crippen LogP contribution in [0.15, 0.2) is 11.8 Å². The molecule has 1 fully saturated rings. The van der Waals surface area contributed by atoms with Crippen molar-refractivity contribution in [2.45, 2.75) is 32.6 Å². The topological polar surface area (TPSA) is 12.0 Å². The number of hydrogen-bond acceptors (Lipinski definition) is 1. The van der Waals surface area contributed by atoms with E-state index >= 15 is 0 Å². The Hall–Kier alpha value is -0.460. The zero-order valence-corrected chi connectivity index (χ0v) is 7.27. The first-order chi connectivity index (χ1) is 5.38. The van der Waals surface area contributed by atoms with Crippen molar-refractivity contribution >= 4 is 0 Å². The third-order valence-corrected chi connectivity index (χ3v) is 3.14. The van der Waals surface area contributed by atoms with E-state index in [2.05, 4.69) is 18.4 Å². The smallest absolute Gasteiger partial charge is 0.0147 e. The summed E-state index contributed by atoms with van der Waals surface area (Å²) in [5.41, 5.74) is 1.70. The lowest BCUT2D eigenvalue weighted by Gasteiger charge is -2.33. The van der Waals surface area contributed by atoms with Crippen LogP contribution in [0.5, 0.6) is 0 Å². The second-order valence-electron chi connectivity index (χ2n) is 3.92. The van der Waals surface area contributed by atoms with Crippen molar-refractivity contribution in [3.05, 3.63) is 11.8 Å². The highest BCUT2D eigenvalue weighted by molar-refractivity contribution is 5.14. The summed E-state index contributed by atoms with van der Waals surface area (Å²) in [4.78, 5) is 0. The van der Waals surface area contributed by atoms with Crippen LogP contribution >= 0.6 is 0 Å². The van der Waals surface area contributed by atoms with E-state index in [9.17, 15) is 0 Å². The highest BCUT2D eigenvalue weighted by Crippen LogP contribution is 2.36. The third kappa shape index (κ3) is 1.29. The predicted octanol–water partition coefficient (Wildman–Crippen LogP) is 2.30. The number of nitrogens with one attached hydrogen (secondary N) is 1. The van der Waals surface area contributed by atoms with Crippen molar-refractivity contribution < 1.29 is 0 Å². The highest BCUT2D eigenvalue weighted by Gasteiger charge is 2.25. The van der Waals surface area contributed by atoms with Gasteiger partial charge in [0.2, 0.25) is 0 Å². The van der Waals surface area contributed by atoms with Gasteiger partial charge >= 0.3 is 0 Å². The molecule has 0 amide bonds. The Morgan fingerprint density at radius 3 is 3.09 bits per heavy atom. The van der Waals surface area contributed by atoms with Crippen LogP contribution in [0, 0.1) is 11.8 Å². The Kier molecular flexibility index (Phi) is 1.89. The number of allylic oxidation sites excluding steroid dienone is 1. The molecule has 0 aromatic rings. The van der Waals surface area contributed by atoms with Gasteiger partial charge < -0.3 is 5.32 Å². The summed E-state index contributed by atoms with van der Waals surface area (Å²) in [5, 5.41) is 3.35. The maximum absolute atomic E-state index is 3.35. The fourth-order valence-corrected chi connectivity index (χ4v) is 2.42. The van der Waals surface area contributed by atoms with E-state index in [1.54, 1.807) is 5.57 Å². The van der Waals surface area contributed by atoms with Crippen molar-refractivity contribution in [1.82, 2.24) is 5.32 Å². The molecule has 1 N–H and O–H groups in total. The minimum Gasteiger partial charge on any atom is -0.391 e. The minimum atomic E-state index is 0.849. The molecule has 62 valence electrons. The predicted molar refractivity (Wildman–Crippen MR) is 47.2 cm³/mol. The van der Waals surface area contributed by atoms with Crippen LogP contribution in [-0.2, 0) is 0 Å². The first kappa shape index (κ1) is 7.20. The first-order valence-electron chi connectivity index (χ1n) is 4.81. The van der Waals surface area contributed by atoms with Crippen LogP contribution in [0.2, 0.25) is 0 Å². The van der Waals surface area contributed by atoms with Gasteiger partial charge in [0.25, 0.3) is 0 Å². The van der Waals surface area contributed by atoms with Gasteiger partial charge in [0.15, 0.2) is 0 Å². The molecule has 0 bridgehead atoms. The largest absolute Gasteiger partial charge is 0.391 e. The Bertz CT molecular complexity index is 172. The molecule has 1 heterocycles. The van der Waals surface area contributed by atoms with E-state index in [1.807, 2.05) is 0 Å². The molecule has 1 heteroatoms. The van der Waals surface area contributed by atoms with Gasteiger partial charge in [0.1, 0.15) is 0 Å². The highest BCUT2D eigenvalue weighted by atomic mass is 14.8. The summed E-state index contributed by atoms with van der Waals surface area (Å²) in [7, 11) is 0. The Morgan fingerprint density at radius 1 is 1.36 bits per heavy atom. The number of rotatable bonds is 0. The fraction of sp³-hybridized carbons (Fsp3) is 0.800. The quantitative estimate of drug-likeness (QED) is 0.560. The molecule has 1 nitrogen and oxygen atoms in total. The summed E-state index contributed by atoms with van der Waals surface area (Å²) in [5.74, 6) is 1.78. The summed E-state index contributed by atoms with van der Waals surface area (Å²) < 4.78 is 0. The average Bonchev–Trinajstić information content (AvgIpc) is 2.06. The number of hydrogen-bond donors (Lipinski definition) is 1. The lowest BCUT2D eigenvalue weighted by atomic mass is 9.75. The molecule has 1 saturated carbocycles. The molecular formula is C10H17N. The van der Waals surface area contributed by atoms with Crippen LogP contribution < -0.4 is 5.32 Å². The van der Waals surface area contributed by atoms with Gasteiger partial charge in [-0.2, -0.15) is 0 Å². The SMILES string of the molecule is C[C@@H]1CCCC2CCNC=C21. The summed E-state index contributed by atoms with van der Waals surface area (Å²) >= 11 is 0. The van der Waals surface area contributed by atoms with Crippen LogP contribution in [0.25, 0.3) is 0 Å². The van der Waals surface area contributed by atoms with Crippen molar-refractivity contribution in [3.63, 3.8) is 0 Å². The number of fused-ring (bicyclic) bond motifs is 1. The van der Waals surface area contributed by atoms with Crippen molar-refractivity contribution in [1.29, 1.82) is 0 Å². The molecule has 0 saturated heterocycles. The van der Waals surface area contributed by atoms with Gasteiger partial charge in [0, 0.05) is 6.54 Å². The lowest BCUT2D eigenvalue weighted by Crippen LogP contribution is -2.27. The van der Waals surface area contributed by atoms with Crippen LogP contribution in [-0.4, -0.2) is 6.54 Å². The van der Waals surface area contributed by atoms with E-state index in [-0.39, 0.29) is 0 Å². The van der Waals surface area contributed by atoms with E-state index < -0.39 is 0 Å². The van der Waals surface area contributed by atoms with Gasteiger partial charge in [-0.3, -0.25) is 0 Å². The monoisotopic (exact) mass is 151 g/mol. The third-order valence-electron chi connectivity index (χ3n) is 3.14. The summed E-state index contributed by atoms with van der Waals surface area (Å²) in [6.45, 7) is 3.56. The molecule has 2 atom stereocenters. The lowest BCUT2D eigenvalue weighted by molar-refractivity contribution is 0.349. The molecule has 0 aromatic carbocycles. The molecule has 2 aliphatic rings. The van der Waals surface area contributed by atoms with E-state index in [0.29, 0.717) is 0 Å². The van der Waals surface area contributed by atoms with Gasteiger partial charge in [-0.1, -0.05) is 13.3 Å². The second kappa shape index (κ2) is 2.88. The molecule has 0 aromatic heterocycles. The molecular weight excluding hydrogens is 134 g/mol. The Morgan fingerprint density at radius 2 is 2.27 bits per heavy atom. The van der Waals surface area contributed by atoms with Gasteiger partial charge in [-0.25, -0.2) is 0 Å². The maximum atomic E-state index is 3.35. The Labute approximate surface area is 68.9 Å². The molecule has 1 aliphatic carbocycles.